The van der Waals surface area contributed by atoms with Crippen molar-refractivity contribution >= 4 is 0 Å². The highest BCUT2D eigenvalue weighted by atomic mass is 13.9. The summed E-state index contributed by atoms with van der Waals surface area (Å²) < 4.78 is 0. The SMILES string of the molecule is C#CCC=C(C)CC#C. The van der Waals surface area contributed by atoms with Crippen LogP contribution in [0, 0.1) is 24.7 Å². The molecule has 0 spiro atoms. The molecule has 0 nitrogen and oxygen atoms in total. The van der Waals surface area contributed by atoms with Crippen LogP contribution in [-0.4, -0.2) is 0 Å². The lowest BCUT2D eigenvalue weighted by Crippen LogP contribution is -1.71. The number of allylic oxidation sites excluding steroid dienone is 2. The molecule has 0 aromatic rings. The number of terminal acetylenes is 2. The third kappa shape index (κ3) is 4.72. The van der Waals surface area contributed by atoms with Crippen LogP contribution in [0.25, 0.3) is 0 Å². The zero-order valence-electron chi connectivity index (χ0n) is 5.65. The zero-order chi connectivity index (χ0) is 7.11. The molecule has 0 heterocycles. The number of hydrogen-bond acceptors (Lipinski definition) is 0. The summed E-state index contributed by atoms with van der Waals surface area (Å²) in [4.78, 5) is 0. The quantitative estimate of drug-likeness (QED) is 0.384. The van der Waals surface area contributed by atoms with Crippen LogP contribution < -0.4 is 0 Å². The van der Waals surface area contributed by atoms with E-state index in [0.717, 1.165) is 0 Å². The second-order valence-electron chi connectivity index (χ2n) is 1.84. The lowest BCUT2D eigenvalue weighted by atomic mass is 10.2. The van der Waals surface area contributed by atoms with E-state index in [1.807, 2.05) is 13.0 Å². The predicted octanol–water partition coefficient (Wildman–Crippen LogP) is 1.98. The van der Waals surface area contributed by atoms with Crippen LogP contribution in [0.5, 0.6) is 0 Å². The molecule has 0 radical (unpaired) electrons. The molecule has 0 atom stereocenters. The molecule has 0 bridgehead atoms. The summed E-state index contributed by atoms with van der Waals surface area (Å²) in [7, 11) is 0. The molecule has 46 valence electrons. The highest BCUT2D eigenvalue weighted by Crippen LogP contribution is 1.98. The van der Waals surface area contributed by atoms with Crippen molar-refractivity contribution in [2.45, 2.75) is 19.8 Å². The highest BCUT2D eigenvalue weighted by Gasteiger charge is 1.80. The summed E-state index contributed by atoms with van der Waals surface area (Å²) in [6.45, 7) is 1.98. The predicted molar refractivity (Wildman–Crippen MR) is 40.7 cm³/mol. The fraction of sp³-hybridized carbons (Fsp3) is 0.333. The molecule has 0 heteroatoms. The minimum absolute atomic E-state index is 0.688. The Labute approximate surface area is 57.0 Å². The molecule has 0 aliphatic rings. The Hall–Kier alpha value is -1.14. The summed E-state index contributed by atoms with van der Waals surface area (Å²) >= 11 is 0. The van der Waals surface area contributed by atoms with Crippen LogP contribution in [0.3, 0.4) is 0 Å². The van der Waals surface area contributed by atoms with Gasteiger partial charge in [-0.2, -0.15) is 0 Å². The van der Waals surface area contributed by atoms with Gasteiger partial charge in [0.05, 0.1) is 0 Å². The van der Waals surface area contributed by atoms with E-state index < -0.39 is 0 Å². The van der Waals surface area contributed by atoms with E-state index in [2.05, 4.69) is 11.8 Å². The van der Waals surface area contributed by atoms with Crippen LogP contribution in [0.4, 0.5) is 0 Å². The van der Waals surface area contributed by atoms with Gasteiger partial charge in [-0.3, -0.25) is 0 Å². The van der Waals surface area contributed by atoms with Gasteiger partial charge in [0, 0.05) is 12.8 Å². The van der Waals surface area contributed by atoms with E-state index >= 15 is 0 Å². The van der Waals surface area contributed by atoms with Crippen LogP contribution in [-0.2, 0) is 0 Å². The Bertz CT molecular complexity index is 171. The normalized spacial score (nSPS) is 9.89. The molecule has 0 unspecified atom stereocenters. The van der Waals surface area contributed by atoms with E-state index in [-0.39, 0.29) is 0 Å². The highest BCUT2D eigenvalue weighted by molar-refractivity contribution is 5.10. The second-order valence-corrected chi connectivity index (χ2v) is 1.84. The van der Waals surface area contributed by atoms with Crippen LogP contribution >= 0.6 is 0 Å². The fourth-order valence-corrected chi connectivity index (χ4v) is 0.466. The van der Waals surface area contributed by atoms with Crippen molar-refractivity contribution in [3.63, 3.8) is 0 Å². The van der Waals surface area contributed by atoms with Gasteiger partial charge in [0.15, 0.2) is 0 Å². The van der Waals surface area contributed by atoms with E-state index in [1.165, 1.54) is 5.57 Å². The summed E-state index contributed by atoms with van der Waals surface area (Å²) in [5.74, 6) is 5.05. The van der Waals surface area contributed by atoms with Gasteiger partial charge in [0.2, 0.25) is 0 Å². The molecule has 0 aliphatic heterocycles. The molecule has 0 saturated heterocycles. The van der Waals surface area contributed by atoms with E-state index in [4.69, 9.17) is 12.8 Å². The standard InChI is InChI=1S/C9H10/c1-4-6-8-9(3)7-5-2/h1-2,8H,6-7H2,3H3. The molecule has 0 aromatic carbocycles. The first-order chi connectivity index (χ1) is 4.31. The van der Waals surface area contributed by atoms with Gasteiger partial charge >= 0.3 is 0 Å². The van der Waals surface area contributed by atoms with Gasteiger partial charge in [-0.05, 0) is 6.92 Å². The number of rotatable bonds is 2. The van der Waals surface area contributed by atoms with Crippen molar-refractivity contribution in [2.24, 2.45) is 0 Å². The Kier molecular flexibility index (Phi) is 4.37. The molecule has 0 fully saturated rings. The first kappa shape index (κ1) is 7.86. The van der Waals surface area contributed by atoms with Gasteiger partial charge in [0.25, 0.3) is 0 Å². The van der Waals surface area contributed by atoms with E-state index in [1.54, 1.807) is 0 Å². The van der Waals surface area contributed by atoms with Gasteiger partial charge in [-0.1, -0.05) is 11.6 Å². The van der Waals surface area contributed by atoms with Crippen LogP contribution in [0.2, 0.25) is 0 Å². The third-order valence-corrected chi connectivity index (χ3v) is 0.949. The van der Waals surface area contributed by atoms with Crippen molar-refractivity contribution in [3.8, 4) is 24.7 Å². The Morgan fingerprint density at radius 2 is 2.11 bits per heavy atom. The molecule has 0 amide bonds. The lowest BCUT2D eigenvalue weighted by molar-refractivity contribution is 1.21. The fourth-order valence-electron chi connectivity index (χ4n) is 0.466. The topological polar surface area (TPSA) is 0 Å². The van der Waals surface area contributed by atoms with Gasteiger partial charge in [-0.15, -0.1) is 24.7 Å². The van der Waals surface area contributed by atoms with Crippen molar-refractivity contribution in [1.29, 1.82) is 0 Å². The molecule has 0 saturated carbocycles. The average Bonchev–Trinajstić information content (AvgIpc) is 1.85. The Morgan fingerprint density at radius 3 is 2.56 bits per heavy atom. The minimum Gasteiger partial charge on any atom is -0.120 e. The smallest absolute Gasteiger partial charge is 0.0294 e. The van der Waals surface area contributed by atoms with Gasteiger partial charge in [-0.25, -0.2) is 0 Å². The van der Waals surface area contributed by atoms with Gasteiger partial charge in [0.1, 0.15) is 0 Å². The average molecular weight is 118 g/mol. The molecule has 0 aliphatic carbocycles. The first-order valence-corrected chi connectivity index (χ1v) is 2.83. The minimum atomic E-state index is 0.688. The maximum absolute atomic E-state index is 5.06. The van der Waals surface area contributed by atoms with Crippen molar-refractivity contribution in [3.05, 3.63) is 11.6 Å². The molecular weight excluding hydrogens is 108 g/mol. The second kappa shape index (κ2) is 5.01. The summed E-state index contributed by atoms with van der Waals surface area (Å²) in [6.07, 6.45) is 13.5. The summed E-state index contributed by atoms with van der Waals surface area (Å²) in [5.41, 5.74) is 1.18. The summed E-state index contributed by atoms with van der Waals surface area (Å²) in [5, 5.41) is 0. The van der Waals surface area contributed by atoms with Crippen LogP contribution in [0.1, 0.15) is 19.8 Å². The monoisotopic (exact) mass is 118 g/mol. The first-order valence-electron chi connectivity index (χ1n) is 2.83. The van der Waals surface area contributed by atoms with Gasteiger partial charge < -0.3 is 0 Å². The van der Waals surface area contributed by atoms with E-state index in [9.17, 15) is 0 Å². The van der Waals surface area contributed by atoms with Crippen molar-refractivity contribution in [1.82, 2.24) is 0 Å². The van der Waals surface area contributed by atoms with E-state index in [0.29, 0.717) is 12.8 Å². The maximum atomic E-state index is 5.06. The van der Waals surface area contributed by atoms with Crippen LogP contribution in [0.15, 0.2) is 11.6 Å². The summed E-state index contributed by atoms with van der Waals surface area (Å²) in [6, 6.07) is 0. The molecule has 9 heavy (non-hydrogen) atoms. The third-order valence-electron chi connectivity index (χ3n) is 0.949. The molecule has 0 N–H and O–H groups in total. The van der Waals surface area contributed by atoms with Crippen molar-refractivity contribution in [2.75, 3.05) is 0 Å². The Morgan fingerprint density at radius 1 is 1.44 bits per heavy atom. The number of hydrogen-bond donors (Lipinski definition) is 0. The zero-order valence-corrected chi connectivity index (χ0v) is 5.65. The maximum Gasteiger partial charge on any atom is 0.0294 e. The molecule has 0 rings (SSSR count). The van der Waals surface area contributed by atoms with Crippen molar-refractivity contribution < 1.29 is 0 Å². The lowest BCUT2D eigenvalue weighted by Gasteiger charge is -1.88. The molecular formula is C9H10. The largest absolute Gasteiger partial charge is 0.120 e. The molecule has 0 aromatic heterocycles. The Balaban J connectivity index is 3.62.